The summed E-state index contributed by atoms with van der Waals surface area (Å²) >= 11 is 0. The Kier molecular flexibility index (Phi) is 7.39. The smallest absolute Gasteiger partial charge is 0.306 e. The molecule has 148 valence electrons. The van der Waals surface area contributed by atoms with Gasteiger partial charge in [-0.05, 0) is 49.4 Å². The average molecular weight is 374 g/mol. The Morgan fingerprint density at radius 2 is 1.74 bits per heavy atom. The third-order valence-corrected chi connectivity index (χ3v) is 5.27. The summed E-state index contributed by atoms with van der Waals surface area (Å²) in [6, 6.07) is 6.92. The van der Waals surface area contributed by atoms with Crippen LogP contribution in [0.5, 0.6) is 0 Å². The summed E-state index contributed by atoms with van der Waals surface area (Å²) in [5.74, 6) is -0.968. The number of likely N-dealkylation sites (tertiary alicyclic amines) is 1. The van der Waals surface area contributed by atoms with Crippen LogP contribution in [0.4, 0.5) is 5.69 Å². The van der Waals surface area contributed by atoms with Gasteiger partial charge in [-0.3, -0.25) is 14.4 Å². The topological polar surface area (TPSA) is 86.7 Å². The molecule has 6 heteroatoms. The number of carbonyl (C=O) groups is 3. The van der Waals surface area contributed by atoms with Gasteiger partial charge in [0, 0.05) is 30.3 Å². The van der Waals surface area contributed by atoms with E-state index in [2.05, 4.69) is 26.1 Å². The summed E-state index contributed by atoms with van der Waals surface area (Å²) in [5, 5.41) is 12.0. The van der Waals surface area contributed by atoms with Crippen molar-refractivity contribution in [1.29, 1.82) is 0 Å². The zero-order valence-corrected chi connectivity index (χ0v) is 16.4. The Balaban J connectivity index is 1.95. The van der Waals surface area contributed by atoms with Gasteiger partial charge in [0.1, 0.15) is 0 Å². The molecule has 1 heterocycles. The first-order valence-corrected chi connectivity index (χ1v) is 9.76. The van der Waals surface area contributed by atoms with Gasteiger partial charge in [0.2, 0.25) is 5.91 Å². The van der Waals surface area contributed by atoms with Crippen molar-refractivity contribution in [3.8, 4) is 0 Å². The molecular formula is C21H30N2O4. The maximum Gasteiger partial charge on any atom is 0.306 e. The van der Waals surface area contributed by atoms with Gasteiger partial charge in [0.15, 0.2) is 0 Å². The molecule has 0 saturated carbocycles. The predicted molar refractivity (Wildman–Crippen MR) is 105 cm³/mol. The number of carbonyl (C=O) groups excluding carboxylic acids is 2. The SMILES string of the molecule is CCCC(C(=O)Nc1ccc(C(=O)N2CCC(C(=O)O)CC2)cc1)C(C)C. The minimum Gasteiger partial charge on any atom is -0.481 e. The van der Waals surface area contributed by atoms with Gasteiger partial charge in [-0.25, -0.2) is 0 Å². The first kappa shape index (κ1) is 20.9. The van der Waals surface area contributed by atoms with E-state index in [1.165, 1.54) is 0 Å². The van der Waals surface area contributed by atoms with Gasteiger partial charge in [-0.15, -0.1) is 0 Å². The van der Waals surface area contributed by atoms with Gasteiger partial charge >= 0.3 is 5.97 Å². The lowest BCUT2D eigenvalue weighted by Gasteiger charge is -2.30. The van der Waals surface area contributed by atoms with E-state index < -0.39 is 5.97 Å². The first-order chi connectivity index (χ1) is 12.8. The minimum absolute atomic E-state index is 0.0154. The van der Waals surface area contributed by atoms with Crippen LogP contribution >= 0.6 is 0 Å². The summed E-state index contributed by atoms with van der Waals surface area (Å²) in [6.45, 7) is 7.09. The predicted octanol–water partition coefficient (Wildman–Crippen LogP) is 3.63. The number of hydrogen-bond acceptors (Lipinski definition) is 3. The first-order valence-electron chi connectivity index (χ1n) is 9.76. The molecule has 0 bridgehead atoms. The van der Waals surface area contributed by atoms with Gasteiger partial charge in [0.25, 0.3) is 5.91 Å². The summed E-state index contributed by atoms with van der Waals surface area (Å²) < 4.78 is 0. The van der Waals surface area contributed by atoms with Gasteiger partial charge in [-0.2, -0.15) is 0 Å². The fourth-order valence-electron chi connectivity index (χ4n) is 3.52. The molecule has 1 saturated heterocycles. The number of carboxylic acid groups (broad SMARTS) is 1. The highest BCUT2D eigenvalue weighted by Crippen LogP contribution is 2.22. The molecule has 1 atom stereocenters. The highest BCUT2D eigenvalue weighted by Gasteiger charge is 2.27. The Bertz CT molecular complexity index is 661. The minimum atomic E-state index is -0.787. The molecule has 2 rings (SSSR count). The lowest BCUT2D eigenvalue weighted by atomic mass is 9.90. The molecule has 0 spiro atoms. The molecule has 1 aliphatic heterocycles. The molecular weight excluding hydrogens is 344 g/mol. The second-order valence-electron chi connectivity index (χ2n) is 7.61. The standard InChI is InChI=1S/C21H30N2O4/c1-4-5-18(14(2)3)19(24)22-17-8-6-15(7-9-17)20(25)23-12-10-16(11-13-23)21(26)27/h6-9,14,16,18H,4-5,10-13H2,1-3H3,(H,22,24)(H,26,27). The summed E-state index contributed by atoms with van der Waals surface area (Å²) in [5.41, 5.74) is 1.23. The number of anilines is 1. The van der Waals surface area contributed by atoms with E-state index in [9.17, 15) is 14.4 Å². The molecule has 27 heavy (non-hydrogen) atoms. The molecule has 2 amide bonds. The molecule has 1 aromatic rings. The monoisotopic (exact) mass is 374 g/mol. The Labute approximate surface area is 160 Å². The van der Waals surface area contributed by atoms with Gasteiger partial charge in [0.05, 0.1) is 5.92 Å². The van der Waals surface area contributed by atoms with Crippen molar-refractivity contribution in [2.75, 3.05) is 18.4 Å². The largest absolute Gasteiger partial charge is 0.481 e. The number of aliphatic carboxylic acids is 1. The number of piperidine rings is 1. The zero-order chi connectivity index (χ0) is 20.0. The van der Waals surface area contributed by atoms with Crippen molar-refractivity contribution in [1.82, 2.24) is 4.90 Å². The molecule has 1 aliphatic rings. The quantitative estimate of drug-likeness (QED) is 0.763. The average Bonchev–Trinajstić information content (AvgIpc) is 2.65. The van der Waals surface area contributed by atoms with Crippen molar-refractivity contribution >= 4 is 23.5 Å². The van der Waals surface area contributed by atoms with Crippen molar-refractivity contribution in [3.63, 3.8) is 0 Å². The third kappa shape index (κ3) is 5.55. The molecule has 1 fully saturated rings. The van der Waals surface area contributed by atoms with Crippen LogP contribution in [0.25, 0.3) is 0 Å². The fourth-order valence-corrected chi connectivity index (χ4v) is 3.52. The van der Waals surface area contributed by atoms with Crippen LogP contribution in [-0.4, -0.2) is 40.9 Å². The summed E-state index contributed by atoms with van der Waals surface area (Å²) in [7, 11) is 0. The molecule has 6 nitrogen and oxygen atoms in total. The summed E-state index contributed by atoms with van der Waals surface area (Å²) in [4.78, 5) is 37.8. The molecule has 1 aromatic carbocycles. The van der Waals surface area contributed by atoms with Crippen LogP contribution in [-0.2, 0) is 9.59 Å². The lowest BCUT2D eigenvalue weighted by Crippen LogP contribution is -2.40. The van der Waals surface area contributed by atoms with Gasteiger partial charge in [-0.1, -0.05) is 27.2 Å². The number of rotatable bonds is 7. The Morgan fingerprint density at radius 3 is 2.22 bits per heavy atom. The zero-order valence-electron chi connectivity index (χ0n) is 16.4. The van der Waals surface area contributed by atoms with Crippen molar-refractivity contribution in [3.05, 3.63) is 29.8 Å². The molecule has 2 N–H and O–H groups in total. The van der Waals surface area contributed by atoms with E-state index >= 15 is 0 Å². The number of nitrogens with one attached hydrogen (secondary N) is 1. The molecule has 0 aliphatic carbocycles. The van der Waals surface area contributed by atoms with Crippen LogP contribution < -0.4 is 5.32 Å². The highest BCUT2D eigenvalue weighted by molar-refractivity contribution is 5.96. The second kappa shape index (κ2) is 9.53. The normalized spacial score (nSPS) is 16.2. The van der Waals surface area contributed by atoms with E-state index in [0.29, 0.717) is 37.2 Å². The molecule has 0 aromatic heterocycles. The van der Waals surface area contributed by atoms with E-state index in [1.807, 2.05) is 0 Å². The van der Waals surface area contributed by atoms with Crippen molar-refractivity contribution in [2.24, 2.45) is 17.8 Å². The fraction of sp³-hybridized carbons (Fsp3) is 0.571. The Morgan fingerprint density at radius 1 is 1.15 bits per heavy atom. The van der Waals surface area contributed by atoms with E-state index in [1.54, 1.807) is 29.2 Å². The maximum atomic E-state index is 12.6. The van der Waals surface area contributed by atoms with E-state index in [0.717, 1.165) is 12.8 Å². The second-order valence-corrected chi connectivity index (χ2v) is 7.61. The number of amides is 2. The third-order valence-electron chi connectivity index (χ3n) is 5.27. The molecule has 1 unspecified atom stereocenters. The lowest BCUT2D eigenvalue weighted by molar-refractivity contribution is -0.143. The van der Waals surface area contributed by atoms with E-state index in [4.69, 9.17) is 5.11 Å². The van der Waals surface area contributed by atoms with Crippen LogP contribution in [0.15, 0.2) is 24.3 Å². The van der Waals surface area contributed by atoms with E-state index in [-0.39, 0.29) is 29.6 Å². The van der Waals surface area contributed by atoms with Crippen molar-refractivity contribution in [2.45, 2.75) is 46.5 Å². The van der Waals surface area contributed by atoms with Crippen LogP contribution in [0.2, 0.25) is 0 Å². The maximum absolute atomic E-state index is 12.6. The number of nitrogens with zero attached hydrogens (tertiary/aromatic N) is 1. The van der Waals surface area contributed by atoms with Crippen LogP contribution in [0.3, 0.4) is 0 Å². The summed E-state index contributed by atoms with van der Waals surface area (Å²) in [6.07, 6.45) is 2.79. The van der Waals surface area contributed by atoms with Gasteiger partial charge < -0.3 is 15.3 Å². The number of carboxylic acids is 1. The number of benzene rings is 1. The highest BCUT2D eigenvalue weighted by atomic mass is 16.4. The number of hydrogen-bond donors (Lipinski definition) is 2. The molecule has 0 radical (unpaired) electrons. The van der Waals surface area contributed by atoms with Crippen molar-refractivity contribution < 1.29 is 19.5 Å². The van der Waals surface area contributed by atoms with Crippen LogP contribution in [0.1, 0.15) is 56.8 Å². The Hall–Kier alpha value is -2.37. The van der Waals surface area contributed by atoms with Crippen LogP contribution in [0, 0.1) is 17.8 Å².